The van der Waals surface area contributed by atoms with E-state index in [1.807, 2.05) is 32.9 Å². The van der Waals surface area contributed by atoms with E-state index < -0.39 is 5.41 Å². The zero-order valence-electron chi connectivity index (χ0n) is 13.6. The van der Waals surface area contributed by atoms with Crippen LogP contribution in [0.25, 0.3) is 0 Å². The summed E-state index contributed by atoms with van der Waals surface area (Å²) in [7, 11) is 1.68. The van der Waals surface area contributed by atoms with Gasteiger partial charge in [0.05, 0.1) is 12.0 Å². The van der Waals surface area contributed by atoms with Gasteiger partial charge in [-0.05, 0) is 51.3 Å². The van der Waals surface area contributed by atoms with E-state index in [-0.39, 0.29) is 23.9 Å². The minimum atomic E-state index is -0.471. The van der Waals surface area contributed by atoms with E-state index in [1.165, 1.54) is 4.90 Å². The first-order valence-electron chi connectivity index (χ1n) is 7.47. The van der Waals surface area contributed by atoms with Crippen LogP contribution in [0.4, 0.5) is 0 Å². The van der Waals surface area contributed by atoms with Crippen molar-refractivity contribution in [1.29, 1.82) is 0 Å². The van der Waals surface area contributed by atoms with E-state index in [4.69, 9.17) is 11.6 Å². The second kappa shape index (κ2) is 5.92. The Labute approximate surface area is 136 Å². The summed E-state index contributed by atoms with van der Waals surface area (Å²) in [5.41, 5.74) is 0.209. The average molecular weight is 323 g/mol. The zero-order valence-corrected chi connectivity index (χ0v) is 14.3. The number of carbonyl (C=O) groups is 2. The van der Waals surface area contributed by atoms with E-state index >= 15 is 0 Å². The summed E-state index contributed by atoms with van der Waals surface area (Å²) in [6.45, 7) is 5.83. The van der Waals surface area contributed by atoms with Crippen LogP contribution < -0.4 is 5.32 Å². The van der Waals surface area contributed by atoms with Crippen molar-refractivity contribution >= 4 is 23.4 Å². The third-order valence-electron chi connectivity index (χ3n) is 3.80. The molecule has 4 nitrogen and oxygen atoms in total. The summed E-state index contributed by atoms with van der Waals surface area (Å²) in [4.78, 5) is 26.2. The number of carbonyl (C=O) groups excluding carboxylic acids is 2. The van der Waals surface area contributed by atoms with Gasteiger partial charge in [0.2, 0.25) is 11.8 Å². The van der Waals surface area contributed by atoms with Crippen LogP contribution in [0.2, 0.25) is 5.02 Å². The van der Waals surface area contributed by atoms with Gasteiger partial charge in [-0.25, -0.2) is 0 Å². The van der Waals surface area contributed by atoms with Gasteiger partial charge in [-0.2, -0.15) is 0 Å². The minimum absolute atomic E-state index is 0.00104. The molecule has 0 heterocycles. The molecule has 1 saturated carbocycles. The first-order chi connectivity index (χ1) is 10.1. The van der Waals surface area contributed by atoms with Crippen molar-refractivity contribution in [3.63, 3.8) is 0 Å². The predicted molar refractivity (Wildman–Crippen MR) is 87.9 cm³/mol. The fraction of sp³-hybridized carbons (Fsp3) is 0.529. The number of hydrogen-bond donors (Lipinski definition) is 1. The molecule has 0 bridgehead atoms. The SMILES string of the molecule is CN(CC(=O)NC(C)(C)C)C(=O)C1(c2ccc(Cl)cc2)CC1. The van der Waals surface area contributed by atoms with Crippen molar-refractivity contribution in [2.24, 2.45) is 0 Å². The molecule has 0 radical (unpaired) electrons. The number of nitrogens with one attached hydrogen (secondary N) is 1. The van der Waals surface area contributed by atoms with Gasteiger partial charge in [0, 0.05) is 17.6 Å². The summed E-state index contributed by atoms with van der Waals surface area (Å²) < 4.78 is 0. The molecule has 2 amide bonds. The molecule has 5 heteroatoms. The number of rotatable bonds is 4. The molecule has 0 atom stereocenters. The summed E-state index contributed by atoms with van der Waals surface area (Å²) in [5.74, 6) is -0.144. The van der Waals surface area contributed by atoms with Crippen molar-refractivity contribution in [2.45, 2.75) is 44.6 Å². The Balaban J connectivity index is 2.04. The maximum atomic E-state index is 12.7. The van der Waals surface area contributed by atoms with Crippen LogP contribution in [-0.4, -0.2) is 35.8 Å². The van der Waals surface area contributed by atoms with Crippen LogP contribution in [0, 0.1) is 0 Å². The Morgan fingerprint density at radius 1 is 1.23 bits per heavy atom. The standard InChI is InChI=1S/C17H23ClN2O2/c1-16(2,3)19-14(21)11-20(4)15(22)17(9-10-17)12-5-7-13(18)8-6-12/h5-8H,9-11H2,1-4H3,(H,19,21). The highest BCUT2D eigenvalue weighted by molar-refractivity contribution is 6.30. The fourth-order valence-corrected chi connectivity index (χ4v) is 2.76. The molecule has 0 spiro atoms. The van der Waals surface area contributed by atoms with E-state index in [1.54, 1.807) is 19.2 Å². The van der Waals surface area contributed by atoms with Crippen molar-refractivity contribution in [2.75, 3.05) is 13.6 Å². The average Bonchev–Trinajstić information content (AvgIpc) is 3.17. The van der Waals surface area contributed by atoms with Crippen molar-refractivity contribution in [3.8, 4) is 0 Å². The lowest BCUT2D eigenvalue weighted by Gasteiger charge is -2.26. The molecule has 1 aliphatic carbocycles. The monoisotopic (exact) mass is 322 g/mol. The molecule has 0 aliphatic heterocycles. The van der Waals surface area contributed by atoms with Crippen LogP contribution in [0.3, 0.4) is 0 Å². The molecule has 1 fully saturated rings. The highest BCUT2D eigenvalue weighted by Crippen LogP contribution is 2.49. The van der Waals surface area contributed by atoms with Gasteiger partial charge in [0.25, 0.3) is 0 Å². The van der Waals surface area contributed by atoms with Gasteiger partial charge in [0.15, 0.2) is 0 Å². The van der Waals surface area contributed by atoms with Crippen molar-refractivity contribution in [3.05, 3.63) is 34.9 Å². The van der Waals surface area contributed by atoms with Gasteiger partial charge < -0.3 is 10.2 Å². The lowest BCUT2D eigenvalue weighted by atomic mass is 9.94. The molecule has 1 aliphatic rings. The molecule has 0 saturated heterocycles. The molecule has 22 heavy (non-hydrogen) atoms. The topological polar surface area (TPSA) is 49.4 Å². The molecular formula is C17H23ClN2O2. The van der Waals surface area contributed by atoms with E-state index in [0.717, 1.165) is 18.4 Å². The zero-order chi connectivity index (χ0) is 16.5. The molecule has 120 valence electrons. The van der Waals surface area contributed by atoms with E-state index in [2.05, 4.69) is 5.32 Å². The predicted octanol–water partition coefficient (Wildman–Crippen LogP) is 2.74. The Kier molecular flexibility index (Phi) is 4.52. The van der Waals surface area contributed by atoms with Crippen LogP contribution >= 0.6 is 11.6 Å². The summed E-state index contributed by atoms with van der Waals surface area (Å²) in [6, 6.07) is 7.40. The highest BCUT2D eigenvalue weighted by atomic mass is 35.5. The van der Waals surface area contributed by atoms with Crippen molar-refractivity contribution < 1.29 is 9.59 Å². The number of likely N-dealkylation sites (N-methyl/N-ethyl adjacent to an activating group) is 1. The molecule has 1 N–H and O–H groups in total. The first kappa shape index (κ1) is 16.8. The Morgan fingerprint density at radius 3 is 2.23 bits per heavy atom. The third-order valence-corrected chi connectivity index (χ3v) is 4.05. The molecule has 1 aromatic carbocycles. The maximum Gasteiger partial charge on any atom is 0.240 e. The summed E-state index contributed by atoms with van der Waals surface area (Å²) in [6.07, 6.45) is 1.64. The molecular weight excluding hydrogens is 300 g/mol. The van der Waals surface area contributed by atoms with Gasteiger partial charge in [-0.15, -0.1) is 0 Å². The Morgan fingerprint density at radius 2 is 1.77 bits per heavy atom. The second-order valence-electron chi connectivity index (χ2n) is 7.05. The van der Waals surface area contributed by atoms with E-state index in [0.29, 0.717) is 5.02 Å². The smallest absolute Gasteiger partial charge is 0.240 e. The number of nitrogens with zero attached hydrogens (tertiary/aromatic N) is 1. The highest BCUT2D eigenvalue weighted by Gasteiger charge is 2.52. The fourth-order valence-electron chi connectivity index (χ4n) is 2.63. The third kappa shape index (κ3) is 3.80. The summed E-state index contributed by atoms with van der Waals surface area (Å²) >= 11 is 5.91. The number of amides is 2. The van der Waals surface area contributed by atoms with Crippen LogP contribution in [0.1, 0.15) is 39.2 Å². The number of halogens is 1. The van der Waals surface area contributed by atoms with Gasteiger partial charge in [-0.1, -0.05) is 23.7 Å². The first-order valence-corrected chi connectivity index (χ1v) is 7.84. The molecule has 0 aromatic heterocycles. The lowest BCUT2D eigenvalue weighted by Crippen LogP contribution is -2.48. The quantitative estimate of drug-likeness (QED) is 0.926. The normalized spacial score (nSPS) is 16.0. The maximum absolute atomic E-state index is 12.7. The van der Waals surface area contributed by atoms with E-state index in [9.17, 15) is 9.59 Å². The Bertz CT molecular complexity index is 571. The Hall–Kier alpha value is -1.55. The number of benzene rings is 1. The van der Waals surface area contributed by atoms with Crippen molar-refractivity contribution in [1.82, 2.24) is 10.2 Å². The van der Waals surface area contributed by atoms with Crippen LogP contribution in [0.15, 0.2) is 24.3 Å². The van der Waals surface area contributed by atoms with Gasteiger partial charge in [-0.3, -0.25) is 9.59 Å². The van der Waals surface area contributed by atoms with Gasteiger partial charge >= 0.3 is 0 Å². The van der Waals surface area contributed by atoms with Gasteiger partial charge in [0.1, 0.15) is 0 Å². The minimum Gasteiger partial charge on any atom is -0.350 e. The second-order valence-corrected chi connectivity index (χ2v) is 7.48. The molecule has 1 aromatic rings. The number of hydrogen-bond acceptors (Lipinski definition) is 2. The molecule has 2 rings (SSSR count). The largest absolute Gasteiger partial charge is 0.350 e. The van der Waals surface area contributed by atoms with Crippen LogP contribution in [0.5, 0.6) is 0 Å². The lowest BCUT2D eigenvalue weighted by molar-refractivity contribution is -0.137. The summed E-state index contributed by atoms with van der Waals surface area (Å²) in [5, 5.41) is 3.53. The molecule has 0 unspecified atom stereocenters. The van der Waals surface area contributed by atoms with Crippen LogP contribution in [-0.2, 0) is 15.0 Å².